The molecule has 0 amide bonds. The fraction of sp³-hybridized carbons (Fsp3) is 0.538. The number of carbonyl (C=O) groups is 1. The average molecular weight is 251 g/mol. The molecule has 0 spiro atoms. The molecule has 18 heavy (non-hydrogen) atoms. The van der Waals surface area contributed by atoms with E-state index in [-0.39, 0.29) is 6.04 Å². The van der Waals surface area contributed by atoms with E-state index < -0.39 is 5.97 Å². The summed E-state index contributed by atoms with van der Waals surface area (Å²) in [6.07, 6.45) is 2.57. The monoisotopic (exact) mass is 251 g/mol. The summed E-state index contributed by atoms with van der Waals surface area (Å²) in [6, 6.07) is 1.77. The molecule has 1 aromatic heterocycles. The fourth-order valence-electron chi connectivity index (χ4n) is 1.90. The van der Waals surface area contributed by atoms with Crippen LogP contribution < -0.4 is 11.1 Å². The first-order chi connectivity index (χ1) is 8.43. The van der Waals surface area contributed by atoms with E-state index in [9.17, 15) is 4.79 Å². The number of anilines is 2. The smallest absolute Gasteiger partial charge is 0.340 e. The van der Waals surface area contributed by atoms with Crippen LogP contribution in [0.4, 0.5) is 11.5 Å². The van der Waals surface area contributed by atoms with Gasteiger partial charge in [0, 0.05) is 6.04 Å². The molecule has 1 aromatic rings. The molecule has 1 rings (SSSR count). The van der Waals surface area contributed by atoms with Crippen molar-refractivity contribution in [2.45, 2.75) is 33.2 Å². The molecule has 1 atom stereocenters. The highest BCUT2D eigenvalue weighted by Crippen LogP contribution is 2.20. The number of hydrogen-bond donors (Lipinski definition) is 2. The molecule has 0 radical (unpaired) electrons. The second-order valence-corrected chi connectivity index (χ2v) is 4.82. The standard InChI is InChI=1S/C13H21N3O2/c1-8(2)5-9(3)16-11-7-15-12(14)6-10(11)13(17)18-4/h6-9,16H,5H2,1-4H3,(H2,14,15). The van der Waals surface area contributed by atoms with Gasteiger partial charge in [-0.2, -0.15) is 0 Å². The molecule has 1 unspecified atom stereocenters. The number of nitrogens with zero attached hydrogens (tertiary/aromatic N) is 1. The van der Waals surface area contributed by atoms with Crippen LogP contribution >= 0.6 is 0 Å². The zero-order chi connectivity index (χ0) is 13.7. The Bertz CT molecular complexity index is 419. The Labute approximate surface area is 108 Å². The van der Waals surface area contributed by atoms with Crippen molar-refractivity contribution < 1.29 is 9.53 Å². The van der Waals surface area contributed by atoms with Gasteiger partial charge in [0.15, 0.2) is 0 Å². The Hall–Kier alpha value is -1.78. The van der Waals surface area contributed by atoms with Crippen molar-refractivity contribution in [1.82, 2.24) is 4.98 Å². The van der Waals surface area contributed by atoms with Gasteiger partial charge in [-0.25, -0.2) is 9.78 Å². The molecule has 0 aromatic carbocycles. The van der Waals surface area contributed by atoms with Crippen LogP contribution in [0.1, 0.15) is 37.6 Å². The third-order valence-corrected chi connectivity index (χ3v) is 2.56. The highest BCUT2D eigenvalue weighted by atomic mass is 16.5. The van der Waals surface area contributed by atoms with Gasteiger partial charge < -0.3 is 15.8 Å². The van der Waals surface area contributed by atoms with Gasteiger partial charge in [0.25, 0.3) is 0 Å². The first kappa shape index (κ1) is 14.3. The van der Waals surface area contributed by atoms with E-state index in [1.165, 1.54) is 13.2 Å². The number of nitrogens with one attached hydrogen (secondary N) is 1. The maximum Gasteiger partial charge on any atom is 0.340 e. The van der Waals surface area contributed by atoms with Gasteiger partial charge in [-0.15, -0.1) is 0 Å². The molecule has 100 valence electrons. The lowest BCUT2D eigenvalue weighted by Crippen LogP contribution is -2.20. The Balaban J connectivity index is 2.90. The predicted molar refractivity (Wildman–Crippen MR) is 72.5 cm³/mol. The summed E-state index contributed by atoms with van der Waals surface area (Å²) < 4.78 is 4.73. The van der Waals surface area contributed by atoms with Crippen LogP contribution in [0.2, 0.25) is 0 Å². The van der Waals surface area contributed by atoms with Crippen LogP contribution in [0.5, 0.6) is 0 Å². The minimum atomic E-state index is -0.414. The first-order valence-corrected chi connectivity index (χ1v) is 6.04. The number of ether oxygens (including phenoxy) is 1. The number of aromatic nitrogens is 1. The maximum absolute atomic E-state index is 11.6. The van der Waals surface area contributed by atoms with E-state index in [4.69, 9.17) is 10.5 Å². The van der Waals surface area contributed by atoms with Crippen molar-refractivity contribution in [3.63, 3.8) is 0 Å². The van der Waals surface area contributed by atoms with Gasteiger partial charge in [-0.05, 0) is 25.3 Å². The minimum Gasteiger partial charge on any atom is -0.465 e. The SMILES string of the molecule is COC(=O)c1cc(N)ncc1NC(C)CC(C)C. The van der Waals surface area contributed by atoms with Crippen molar-refractivity contribution in [2.24, 2.45) is 5.92 Å². The molecule has 5 heteroatoms. The molecule has 0 aliphatic heterocycles. The van der Waals surface area contributed by atoms with E-state index in [2.05, 4.69) is 31.1 Å². The quantitative estimate of drug-likeness (QED) is 0.785. The summed E-state index contributed by atoms with van der Waals surface area (Å²) in [5.74, 6) is 0.469. The first-order valence-electron chi connectivity index (χ1n) is 6.04. The van der Waals surface area contributed by atoms with Gasteiger partial charge in [0.2, 0.25) is 0 Å². The van der Waals surface area contributed by atoms with E-state index in [1.54, 1.807) is 6.20 Å². The topological polar surface area (TPSA) is 77.2 Å². The number of carbonyl (C=O) groups excluding carboxylic acids is 1. The van der Waals surface area contributed by atoms with Crippen LogP contribution in [-0.2, 0) is 4.74 Å². The normalized spacial score (nSPS) is 12.3. The lowest BCUT2D eigenvalue weighted by Gasteiger charge is -2.18. The summed E-state index contributed by atoms with van der Waals surface area (Å²) in [7, 11) is 1.35. The molecule has 3 N–H and O–H groups in total. The van der Waals surface area contributed by atoms with Crippen molar-refractivity contribution >= 4 is 17.5 Å². The van der Waals surface area contributed by atoms with Crippen LogP contribution in [-0.4, -0.2) is 24.1 Å². The average Bonchev–Trinajstić information content (AvgIpc) is 2.29. The molecular formula is C13H21N3O2. The number of nitrogens with two attached hydrogens (primary N) is 1. The van der Waals surface area contributed by atoms with Crippen LogP contribution in [0.3, 0.4) is 0 Å². The molecular weight excluding hydrogens is 230 g/mol. The van der Waals surface area contributed by atoms with Gasteiger partial charge >= 0.3 is 5.97 Å². The number of rotatable bonds is 5. The molecule has 0 saturated heterocycles. The molecule has 5 nitrogen and oxygen atoms in total. The number of hydrogen-bond acceptors (Lipinski definition) is 5. The van der Waals surface area contributed by atoms with Gasteiger partial charge in [-0.3, -0.25) is 0 Å². The summed E-state index contributed by atoms with van der Waals surface area (Å²) in [5, 5.41) is 3.27. The van der Waals surface area contributed by atoms with E-state index in [0.29, 0.717) is 23.0 Å². The highest BCUT2D eigenvalue weighted by molar-refractivity contribution is 5.96. The Morgan fingerprint density at radius 3 is 2.72 bits per heavy atom. The van der Waals surface area contributed by atoms with E-state index in [0.717, 1.165) is 6.42 Å². The van der Waals surface area contributed by atoms with Gasteiger partial charge in [0.05, 0.1) is 24.6 Å². The maximum atomic E-state index is 11.6. The second-order valence-electron chi connectivity index (χ2n) is 4.82. The zero-order valence-corrected chi connectivity index (χ0v) is 11.4. The Morgan fingerprint density at radius 1 is 1.50 bits per heavy atom. The third-order valence-electron chi connectivity index (χ3n) is 2.56. The predicted octanol–water partition coefficient (Wildman–Crippen LogP) is 2.30. The van der Waals surface area contributed by atoms with Gasteiger partial charge in [0.1, 0.15) is 5.82 Å². The largest absolute Gasteiger partial charge is 0.465 e. The molecule has 0 bridgehead atoms. The Morgan fingerprint density at radius 2 is 2.17 bits per heavy atom. The van der Waals surface area contributed by atoms with E-state index in [1.807, 2.05) is 0 Å². The number of esters is 1. The minimum absolute atomic E-state index is 0.249. The van der Waals surface area contributed by atoms with Gasteiger partial charge in [-0.1, -0.05) is 13.8 Å². The fourth-order valence-corrected chi connectivity index (χ4v) is 1.90. The summed E-state index contributed by atoms with van der Waals surface area (Å²) >= 11 is 0. The molecule has 1 heterocycles. The molecule has 0 fully saturated rings. The third kappa shape index (κ3) is 3.91. The van der Waals surface area contributed by atoms with Crippen LogP contribution in [0.15, 0.2) is 12.3 Å². The van der Waals surface area contributed by atoms with Crippen molar-refractivity contribution in [3.8, 4) is 0 Å². The van der Waals surface area contributed by atoms with Crippen molar-refractivity contribution in [3.05, 3.63) is 17.8 Å². The molecule has 0 aliphatic carbocycles. The number of nitrogen functional groups attached to an aromatic ring is 1. The van der Waals surface area contributed by atoms with Crippen molar-refractivity contribution in [1.29, 1.82) is 0 Å². The zero-order valence-electron chi connectivity index (χ0n) is 11.4. The second kappa shape index (κ2) is 6.23. The van der Waals surface area contributed by atoms with Crippen LogP contribution in [0.25, 0.3) is 0 Å². The number of pyridine rings is 1. The lowest BCUT2D eigenvalue weighted by atomic mass is 10.0. The highest BCUT2D eigenvalue weighted by Gasteiger charge is 2.15. The van der Waals surface area contributed by atoms with E-state index >= 15 is 0 Å². The Kier molecular flexibility index (Phi) is 4.95. The van der Waals surface area contributed by atoms with Crippen molar-refractivity contribution in [2.75, 3.05) is 18.2 Å². The molecule has 0 aliphatic rings. The van der Waals surface area contributed by atoms with Crippen LogP contribution in [0, 0.1) is 5.92 Å². The number of methoxy groups -OCH3 is 1. The summed E-state index contributed by atoms with van der Waals surface area (Å²) in [4.78, 5) is 15.6. The summed E-state index contributed by atoms with van der Waals surface area (Å²) in [5.41, 5.74) is 6.66. The molecule has 0 saturated carbocycles. The lowest BCUT2D eigenvalue weighted by molar-refractivity contribution is 0.0601. The summed E-state index contributed by atoms with van der Waals surface area (Å²) in [6.45, 7) is 6.37.